The lowest BCUT2D eigenvalue weighted by atomic mass is 10.0. The van der Waals surface area contributed by atoms with Crippen LogP contribution >= 0.6 is 15.9 Å². The predicted octanol–water partition coefficient (Wildman–Crippen LogP) is 2.28. The molecule has 84 valence electrons. The summed E-state index contributed by atoms with van der Waals surface area (Å²) >= 11 is 2.86. The maximum Gasteiger partial charge on any atom is 0.307 e. The molecule has 0 spiro atoms. The molecule has 0 saturated carbocycles. The molecule has 0 fully saturated rings. The van der Waals surface area contributed by atoms with Crippen molar-refractivity contribution in [2.24, 2.45) is 0 Å². The van der Waals surface area contributed by atoms with Crippen LogP contribution in [0.4, 0.5) is 8.78 Å². The fraction of sp³-hybridized carbons (Fsp3) is 0.222. The SMILES string of the molecule is N#Cc1ncc(Br)c(C(F)F)c1CC(=O)O. The molecule has 0 aromatic carbocycles. The maximum atomic E-state index is 12.7. The molecule has 1 aromatic heterocycles. The lowest BCUT2D eigenvalue weighted by Crippen LogP contribution is -2.08. The second kappa shape index (κ2) is 4.99. The van der Waals surface area contributed by atoms with Crippen LogP contribution < -0.4 is 0 Å². The minimum absolute atomic E-state index is 0.00208. The smallest absolute Gasteiger partial charge is 0.307 e. The number of aliphatic carboxylic acids is 1. The molecule has 0 saturated heterocycles. The van der Waals surface area contributed by atoms with E-state index in [4.69, 9.17) is 10.4 Å². The molecule has 7 heteroatoms. The van der Waals surface area contributed by atoms with Crippen LogP contribution in [-0.2, 0) is 11.2 Å². The molecule has 0 aliphatic carbocycles. The number of halogens is 3. The van der Waals surface area contributed by atoms with E-state index in [-0.39, 0.29) is 15.7 Å². The Kier molecular flexibility index (Phi) is 3.90. The van der Waals surface area contributed by atoms with Crippen LogP contribution in [0.1, 0.15) is 23.2 Å². The normalized spacial score (nSPS) is 10.2. The van der Waals surface area contributed by atoms with Gasteiger partial charge in [-0.2, -0.15) is 5.26 Å². The Labute approximate surface area is 97.7 Å². The molecule has 0 radical (unpaired) electrons. The number of carboxylic acids is 1. The third-order valence-corrected chi connectivity index (χ3v) is 2.46. The van der Waals surface area contributed by atoms with Crippen molar-refractivity contribution in [3.63, 3.8) is 0 Å². The highest BCUT2D eigenvalue weighted by Crippen LogP contribution is 2.31. The van der Waals surface area contributed by atoms with Gasteiger partial charge in [-0.05, 0) is 15.9 Å². The molecule has 1 aromatic rings. The van der Waals surface area contributed by atoms with Gasteiger partial charge in [0, 0.05) is 21.8 Å². The molecule has 0 bridgehead atoms. The minimum Gasteiger partial charge on any atom is -0.481 e. The number of hydrogen-bond donors (Lipinski definition) is 1. The molecule has 1 heterocycles. The van der Waals surface area contributed by atoms with Gasteiger partial charge in [-0.25, -0.2) is 13.8 Å². The Morgan fingerprint density at radius 2 is 2.31 bits per heavy atom. The first-order valence-electron chi connectivity index (χ1n) is 4.04. The number of hydrogen-bond acceptors (Lipinski definition) is 3. The third-order valence-electron chi connectivity index (χ3n) is 1.83. The second-order valence-corrected chi connectivity index (χ2v) is 3.68. The fourth-order valence-electron chi connectivity index (χ4n) is 1.20. The lowest BCUT2D eigenvalue weighted by Gasteiger charge is -2.09. The molecule has 4 nitrogen and oxygen atoms in total. The summed E-state index contributed by atoms with van der Waals surface area (Å²) in [6, 6.07) is 1.59. The van der Waals surface area contributed by atoms with E-state index in [1.165, 1.54) is 0 Å². The molecule has 0 atom stereocenters. The van der Waals surface area contributed by atoms with E-state index >= 15 is 0 Å². The first-order valence-corrected chi connectivity index (χ1v) is 4.84. The number of nitriles is 1. The van der Waals surface area contributed by atoms with Gasteiger partial charge in [0.05, 0.1) is 6.42 Å². The number of rotatable bonds is 3. The van der Waals surface area contributed by atoms with Gasteiger partial charge in [-0.1, -0.05) is 0 Å². The van der Waals surface area contributed by atoms with Crippen molar-refractivity contribution >= 4 is 21.9 Å². The number of alkyl halides is 2. The average molecular weight is 291 g/mol. The van der Waals surface area contributed by atoms with Gasteiger partial charge in [-0.3, -0.25) is 4.79 Å². The molecule has 0 amide bonds. The maximum absolute atomic E-state index is 12.7. The van der Waals surface area contributed by atoms with Crippen molar-refractivity contribution in [3.8, 4) is 6.07 Å². The summed E-state index contributed by atoms with van der Waals surface area (Å²) < 4.78 is 25.4. The van der Waals surface area contributed by atoms with Crippen LogP contribution in [0.5, 0.6) is 0 Å². The van der Waals surface area contributed by atoms with Crippen molar-refractivity contribution in [2.75, 3.05) is 0 Å². The van der Waals surface area contributed by atoms with E-state index < -0.39 is 24.4 Å². The van der Waals surface area contributed by atoms with Crippen LogP contribution in [0.25, 0.3) is 0 Å². The molecular weight excluding hydrogens is 286 g/mol. The quantitative estimate of drug-likeness (QED) is 0.927. The zero-order valence-corrected chi connectivity index (χ0v) is 9.33. The Hall–Kier alpha value is -1.55. The molecule has 16 heavy (non-hydrogen) atoms. The first kappa shape index (κ1) is 12.5. The third kappa shape index (κ3) is 2.52. The molecule has 0 aliphatic heterocycles. The topological polar surface area (TPSA) is 74.0 Å². The zero-order valence-electron chi connectivity index (χ0n) is 7.75. The second-order valence-electron chi connectivity index (χ2n) is 2.83. The summed E-state index contributed by atoms with van der Waals surface area (Å²) in [6.07, 6.45) is -2.46. The lowest BCUT2D eigenvalue weighted by molar-refractivity contribution is -0.136. The van der Waals surface area contributed by atoms with Gasteiger partial charge in [0.1, 0.15) is 11.8 Å². The zero-order chi connectivity index (χ0) is 12.3. The number of carbonyl (C=O) groups is 1. The highest BCUT2D eigenvalue weighted by Gasteiger charge is 2.22. The van der Waals surface area contributed by atoms with Crippen LogP contribution in [0, 0.1) is 11.3 Å². The van der Waals surface area contributed by atoms with E-state index in [2.05, 4.69) is 20.9 Å². The molecule has 0 unspecified atom stereocenters. The number of pyridine rings is 1. The minimum atomic E-state index is -2.86. The van der Waals surface area contributed by atoms with Gasteiger partial charge < -0.3 is 5.11 Å². The van der Waals surface area contributed by atoms with Crippen LogP contribution in [-0.4, -0.2) is 16.1 Å². The van der Waals surface area contributed by atoms with E-state index in [9.17, 15) is 13.6 Å². The highest BCUT2D eigenvalue weighted by atomic mass is 79.9. The van der Waals surface area contributed by atoms with Gasteiger partial charge >= 0.3 is 5.97 Å². The average Bonchev–Trinajstić information content (AvgIpc) is 2.16. The fourth-order valence-corrected chi connectivity index (χ4v) is 1.72. The number of nitrogens with zero attached hydrogens (tertiary/aromatic N) is 2. The van der Waals surface area contributed by atoms with Gasteiger partial charge in [-0.15, -0.1) is 0 Å². The van der Waals surface area contributed by atoms with Crippen molar-refractivity contribution in [1.82, 2.24) is 4.98 Å². The summed E-state index contributed by atoms with van der Waals surface area (Å²) in [7, 11) is 0. The summed E-state index contributed by atoms with van der Waals surface area (Å²) in [5.74, 6) is -1.29. The Balaban J connectivity index is 3.43. The highest BCUT2D eigenvalue weighted by molar-refractivity contribution is 9.10. The van der Waals surface area contributed by atoms with E-state index in [1.54, 1.807) is 6.07 Å². The van der Waals surface area contributed by atoms with Crippen molar-refractivity contribution in [2.45, 2.75) is 12.8 Å². The standard InChI is InChI=1S/C9H5BrF2N2O2/c10-5-3-14-6(2-13)4(1-7(15)16)8(5)9(11)12/h3,9H,1H2,(H,15,16). The van der Waals surface area contributed by atoms with Gasteiger partial charge in [0.15, 0.2) is 0 Å². The Morgan fingerprint density at radius 1 is 1.69 bits per heavy atom. The number of carboxylic acid groups (broad SMARTS) is 1. The van der Waals surface area contributed by atoms with Crippen molar-refractivity contribution < 1.29 is 18.7 Å². The number of aromatic nitrogens is 1. The summed E-state index contributed by atoms with van der Waals surface area (Å²) in [5.41, 5.74) is -1.03. The van der Waals surface area contributed by atoms with Gasteiger partial charge in [0.2, 0.25) is 0 Å². The Bertz CT molecular complexity index is 471. The summed E-state index contributed by atoms with van der Waals surface area (Å²) in [5, 5.41) is 17.2. The Morgan fingerprint density at radius 3 is 2.75 bits per heavy atom. The van der Waals surface area contributed by atoms with Crippen LogP contribution in [0.15, 0.2) is 10.7 Å². The van der Waals surface area contributed by atoms with Crippen LogP contribution in [0.2, 0.25) is 0 Å². The predicted molar refractivity (Wildman–Crippen MR) is 52.9 cm³/mol. The monoisotopic (exact) mass is 290 g/mol. The van der Waals surface area contributed by atoms with Gasteiger partial charge in [0.25, 0.3) is 6.43 Å². The van der Waals surface area contributed by atoms with E-state index in [0.29, 0.717) is 0 Å². The van der Waals surface area contributed by atoms with Crippen molar-refractivity contribution in [1.29, 1.82) is 5.26 Å². The van der Waals surface area contributed by atoms with E-state index in [1.807, 2.05) is 0 Å². The first-order chi connectivity index (χ1) is 7.47. The molecule has 0 aliphatic rings. The van der Waals surface area contributed by atoms with Crippen LogP contribution in [0.3, 0.4) is 0 Å². The summed E-state index contributed by atoms with van der Waals surface area (Å²) in [4.78, 5) is 14.1. The molecule has 1 rings (SSSR count). The summed E-state index contributed by atoms with van der Waals surface area (Å²) in [6.45, 7) is 0. The van der Waals surface area contributed by atoms with Crippen molar-refractivity contribution in [3.05, 3.63) is 27.5 Å². The molecule has 1 N–H and O–H groups in total. The van der Waals surface area contributed by atoms with E-state index in [0.717, 1.165) is 6.20 Å². The largest absolute Gasteiger partial charge is 0.481 e. The molecular formula is C9H5BrF2N2O2.